The first-order valence-electron chi connectivity index (χ1n) is 7.70. The number of rotatable bonds is 4. The van der Waals surface area contributed by atoms with Crippen LogP contribution >= 0.6 is 11.3 Å². The zero-order valence-electron chi connectivity index (χ0n) is 12.8. The van der Waals surface area contributed by atoms with Gasteiger partial charge in [0.05, 0.1) is 22.0 Å². The third-order valence-corrected chi connectivity index (χ3v) is 5.75. The first-order chi connectivity index (χ1) is 11.0. The Morgan fingerprint density at radius 2 is 2.09 bits per heavy atom. The Kier molecular flexibility index (Phi) is 4.10. The standard InChI is InChI=1S/C18H19N3OS/c19-11-18(8-6-12-4-2-1-3-5-12)9-7-13-14(10-18)23-17(21)15(13)16(20)22/h1-5H,6-10,21H2,(H2,20,22). The molecule has 4 N–H and O–H groups in total. The predicted molar refractivity (Wildman–Crippen MR) is 92.1 cm³/mol. The molecule has 0 fully saturated rings. The van der Waals surface area contributed by atoms with Crippen LogP contribution in [-0.4, -0.2) is 5.91 Å². The molecule has 1 unspecified atom stereocenters. The molecule has 0 bridgehead atoms. The maximum Gasteiger partial charge on any atom is 0.251 e. The highest BCUT2D eigenvalue weighted by Gasteiger charge is 2.37. The number of carbonyl (C=O) groups is 1. The minimum Gasteiger partial charge on any atom is -0.390 e. The number of nitrogen functional groups attached to an aromatic ring is 1. The lowest BCUT2D eigenvalue weighted by Crippen LogP contribution is -2.28. The quantitative estimate of drug-likeness (QED) is 0.904. The van der Waals surface area contributed by atoms with Gasteiger partial charge in [-0.2, -0.15) is 5.26 Å². The molecular weight excluding hydrogens is 306 g/mol. The number of hydrogen-bond acceptors (Lipinski definition) is 4. The average Bonchev–Trinajstić information content (AvgIpc) is 2.88. The van der Waals surface area contributed by atoms with Crippen molar-refractivity contribution >= 4 is 22.2 Å². The van der Waals surface area contributed by atoms with Crippen LogP contribution in [0.4, 0.5) is 5.00 Å². The summed E-state index contributed by atoms with van der Waals surface area (Å²) in [6.07, 6.45) is 3.81. The van der Waals surface area contributed by atoms with Crippen molar-refractivity contribution in [1.29, 1.82) is 5.26 Å². The van der Waals surface area contributed by atoms with Crippen LogP contribution in [0.3, 0.4) is 0 Å². The van der Waals surface area contributed by atoms with Gasteiger partial charge in [0.2, 0.25) is 0 Å². The molecule has 3 rings (SSSR count). The number of nitriles is 1. The molecule has 118 valence electrons. The molecule has 1 aliphatic rings. The lowest BCUT2D eigenvalue weighted by molar-refractivity contribution is 0.1000. The zero-order valence-corrected chi connectivity index (χ0v) is 13.7. The van der Waals surface area contributed by atoms with Crippen molar-refractivity contribution in [2.24, 2.45) is 11.1 Å². The van der Waals surface area contributed by atoms with Crippen molar-refractivity contribution in [3.05, 3.63) is 51.9 Å². The molecule has 1 atom stereocenters. The molecule has 4 nitrogen and oxygen atoms in total. The summed E-state index contributed by atoms with van der Waals surface area (Å²) < 4.78 is 0. The van der Waals surface area contributed by atoms with E-state index in [4.69, 9.17) is 11.5 Å². The summed E-state index contributed by atoms with van der Waals surface area (Å²) >= 11 is 1.41. The van der Waals surface area contributed by atoms with Gasteiger partial charge in [0.25, 0.3) is 5.91 Å². The number of primary amides is 1. The Balaban J connectivity index is 1.82. The molecule has 2 aromatic rings. The Bertz CT molecular complexity index is 776. The highest BCUT2D eigenvalue weighted by molar-refractivity contribution is 7.16. The normalized spacial score (nSPS) is 19.8. The highest BCUT2D eigenvalue weighted by atomic mass is 32.1. The molecular formula is C18H19N3OS. The zero-order chi connectivity index (χ0) is 16.4. The van der Waals surface area contributed by atoms with Crippen molar-refractivity contribution < 1.29 is 4.79 Å². The minimum atomic E-state index is -0.464. The molecule has 1 aliphatic carbocycles. The van der Waals surface area contributed by atoms with Crippen molar-refractivity contribution in [1.82, 2.24) is 0 Å². The number of fused-ring (bicyclic) bond motifs is 1. The van der Waals surface area contributed by atoms with E-state index in [1.807, 2.05) is 18.2 Å². The van der Waals surface area contributed by atoms with Crippen LogP contribution in [0.5, 0.6) is 0 Å². The number of thiophene rings is 1. The summed E-state index contributed by atoms with van der Waals surface area (Å²) in [6, 6.07) is 12.8. The van der Waals surface area contributed by atoms with Crippen LogP contribution in [-0.2, 0) is 19.3 Å². The van der Waals surface area contributed by atoms with Gasteiger partial charge in [-0.1, -0.05) is 30.3 Å². The first kappa shape index (κ1) is 15.6. The first-order valence-corrected chi connectivity index (χ1v) is 8.51. The third kappa shape index (κ3) is 2.95. The van der Waals surface area contributed by atoms with E-state index < -0.39 is 5.91 Å². The van der Waals surface area contributed by atoms with Gasteiger partial charge in [-0.15, -0.1) is 11.3 Å². The number of anilines is 1. The SMILES string of the molecule is N#CC1(CCc2ccccc2)CCc2c(sc(N)c2C(N)=O)C1. The Morgan fingerprint density at radius 1 is 1.35 bits per heavy atom. The number of aryl methyl sites for hydroxylation is 1. The van der Waals surface area contributed by atoms with Gasteiger partial charge in [0.1, 0.15) is 0 Å². The second-order valence-corrected chi connectivity index (χ2v) is 7.30. The van der Waals surface area contributed by atoms with Crippen molar-refractivity contribution in [2.75, 3.05) is 5.73 Å². The fraction of sp³-hybridized carbons (Fsp3) is 0.333. The van der Waals surface area contributed by atoms with Crippen LogP contribution in [0.25, 0.3) is 0 Å². The molecule has 0 aliphatic heterocycles. The fourth-order valence-electron chi connectivity index (χ4n) is 3.36. The van der Waals surface area contributed by atoms with Crippen LogP contribution in [0.1, 0.15) is 39.2 Å². The van der Waals surface area contributed by atoms with Gasteiger partial charge < -0.3 is 11.5 Å². The summed E-state index contributed by atoms with van der Waals surface area (Å²) in [7, 11) is 0. The molecule has 0 spiro atoms. The van der Waals surface area contributed by atoms with Gasteiger partial charge in [0, 0.05) is 11.3 Å². The summed E-state index contributed by atoms with van der Waals surface area (Å²) in [4.78, 5) is 12.6. The lowest BCUT2D eigenvalue weighted by atomic mass is 9.71. The topological polar surface area (TPSA) is 92.9 Å². The minimum absolute atomic E-state index is 0.380. The van der Waals surface area contributed by atoms with Crippen molar-refractivity contribution in [3.8, 4) is 6.07 Å². The molecule has 0 radical (unpaired) electrons. The number of hydrogen-bond donors (Lipinski definition) is 2. The average molecular weight is 325 g/mol. The predicted octanol–water partition coefficient (Wildman–Crippen LogP) is 3.06. The summed E-state index contributed by atoms with van der Waals surface area (Å²) in [6.45, 7) is 0. The summed E-state index contributed by atoms with van der Waals surface area (Å²) in [5, 5.41) is 10.2. The Hall–Kier alpha value is -2.32. The van der Waals surface area contributed by atoms with Crippen molar-refractivity contribution in [3.63, 3.8) is 0 Å². The van der Waals surface area contributed by atoms with Gasteiger partial charge in [-0.05, 0) is 36.8 Å². The van der Waals surface area contributed by atoms with Crippen molar-refractivity contribution in [2.45, 2.75) is 32.1 Å². The second-order valence-electron chi connectivity index (χ2n) is 6.16. The molecule has 1 aromatic heterocycles. The van der Waals surface area contributed by atoms with E-state index in [1.165, 1.54) is 16.9 Å². The maximum absolute atomic E-state index is 11.6. The van der Waals surface area contributed by atoms with E-state index in [2.05, 4.69) is 18.2 Å². The van der Waals surface area contributed by atoms with Crippen LogP contribution in [0, 0.1) is 16.7 Å². The third-order valence-electron chi connectivity index (χ3n) is 4.69. The molecule has 23 heavy (non-hydrogen) atoms. The summed E-state index contributed by atoms with van der Waals surface area (Å²) in [5.41, 5.74) is 13.7. The number of benzene rings is 1. The highest BCUT2D eigenvalue weighted by Crippen LogP contribution is 2.44. The number of carbonyl (C=O) groups excluding carboxylic acids is 1. The second kappa shape index (κ2) is 6.05. The van der Waals surface area contributed by atoms with Crippen LogP contribution < -0.4 is 11.5 Å². The lowest BCUT2D eigenvalue weighted by Gasteiger charge is -2.31. The number of amides is 1. The fourth-order valence-corrected chi connectivity index (χ4v) is 4.63. The Morgan fingerprint density at radius 3 is 2.74 bits per heavy atom. The number of nitrogens with zero attached hydrogens (tertiary/aromatic N) is 1. The van der Waals surface area contributed by atoms with Crippen LogP contribution in [0.2, 0.25) is 0 Å². The smallest absolute Gasteiger partial charge is 0.251 e. The number of nitrogens with two attached hydrogens (primary N) is 2. The van der Waals surface area contributed by atoms with E-state index in [0.29, 0.717) is 23.4 Å². The van der Waals surface area contributed by atoms with E-state index in [-0.39, 0.29) is 5.41 Å². The molecule has 1 aromatic carbocycles. The van der Waals surface area contributed by atoms with E-state index in [0.717, 1.165) is 29.7 Å². The van der Waals surface area contributed by atoms with Gasteiger partial charge in [-0.25, -0.2) is 0 Å². The largest absolute Gasteiger partial charge is 0.390 e. The summed E-state index contributed by atoms with van der Waals surface area (Å²) in [5.74, 6) is -0.464. The van der Waals surface area contributed by atoms with E-state index >= 15 is 0 Å². The van der Waals surface area contributed by atoms with Gasteiger partial charge >= 0.3 is 0 Å². The molecule has 1 heterocycles. The molecule has 5 heteroatoms. The molecule has 0 saturated carbocycles. The monoisotopic (exact) mass is 325 g/mol. The van der Waals surface area contributed by atoms with Crippen LogP contribution in [0.15, 0.2) is 30.3 Å². The van der Waals surface area contributed by atoms with Gasteiger partial charge in [-0.3, -0.25) is 4.79 Å². The maximum atomic E-state index is 11.6. The van der Waals surface area contributed by atoms with E-state index in [1.54, 1.807) is 0 Å². The molecule has 1 amide bonds. The molecule has 0 saturated heterocycles. The van der Waals surface area contributed by atoms with Gasteiger partial charge in [0.15, 0.2) is 0 Å². The van der Waals surface area contributed by atoms with E-state index in [9.17, 15) is 10.1 Å². The Labute approximate surface area is 139 Å².